The van der Waals surface area contributed by atoms with Crippen LogP contribution in [0.4, 0.5) is 17.1 Å². The average molecular weight is 403 g/mol. The highest BCUT2D eigenvalue weighted by molar-refractivity contribution is 14.1. The third-order valence-corrected chi connectivity index (χ3v) is 3.84. The minimum Gasteiger partial charge on any atom is -0.465 e. The predicted molar refractivity (Wildman–Crippen MR) is 89.6 cm³/mol. The molecule has 0 spiro atoms. The summed E-state index contributed by atoms with van der Waals surface area (Å²) >= 11 is 8.09. The van der Waals surface area contributed by atoms with Gasteiger partial charge >= 0.3 is 5.97 Å². The molecule has 6 heteroatoms. The van der Waals surface area contributed by atoms with Gasteiger partial charge in [-0.15, -0.1) is 0 Å². The van der Waals surface area contributed by atoms with Crippen molar-refractivity contribution in [3.05, 3.63) is 50.6 Å². The van der Waals surface area contributed by atoms with Crippen molar-refractivity contribution in [1.82, 2.24) is 0 Å². The molecule has 0 heterocycles. The third kappa shape index (κ3) is 3.16. The highest BCUT2D eigenvalue weighted by atomic mass is 127. The highest BCUT2D eigenvalue weighted by Crippen LogP contribution is 2.30. The van der Waals surface area contributed by atoms with Crippen LogP contribution >= 0.6 is 34.2 Å². The zero-order chi connectivity index (χ0) is 14.7. The van der Waals surface area contributed by atoms with Gasteiger partial charge in [0.1, 0.15) is 0 Å². The molecule has 2 rings (SSSR count). The van der Waals surface area contributed by atoms with Crippen LogP contribution in [0.1, 0.15) is 10.4 Å². The molecule has 4 nitrogen and oxygen atoms in total. The summed E-state index contributed by atoms with van der Waals surface area (Å²) in [6.45, 7) is 0. The average Bonchev–Trinajstić information content (AvgIpc) is 2.43. The molecule has 0 radical (unpaired) electrons. The number of halogens is 2. The van der Waals surface area contributed by atoms with E-state index in [0.717, 1.165) is 9.26 Å². The molecule has 0 aliphatic heterocycles. The van der Waals surface area contributed by atoms with Crippen LogP contribution in [0.25, 0.3) is 0 Å². The Morgan fingerprint density at radius 2 is 2.05 bits per heavy atom. The second kappa shape index (κ2) is 6.32. The molecule has 3 N–H and O–H groups in total. The van der Waals surface area contributed by atoms with Crippen LogP contribution in [0.2, 0.25) is 5.02 Å². The molecule has 0 atom stereocenters. The number of benzene rings is 2. The van der Waals surface area contributed by atoms with E-state index >= 15 is 0 Å². The van der Waals surface area contributed by atoms with Crippen LogP contribution in [0.3, 0.4) is 0 Å². The Labute approximate surface area is 135 Å². The normalized spacial score (nSPS) is 10.2. The number of nitrogens with one attached hydrogen (secondary N) is 1. The summed E-state index contributed by atoms with van der Waals surface area (Å²) in [5, 5.41) is 3.85. The standard InChI is InChI=1S/C14H12ClIN2O2/c1-20-14(19)9-3-2-4-12(13(9)17)18-11-6-5-8(15)7-10(11)16/h2-7,18H,17H2,1H3. The van der Waals surface area contributed by atoms with Gasteiger partial charge in [-0.25, -0.2) is 4.79 Å². The summed E-state index contributed by atoms with van der Waals surface area (Å²) in [5.41, 5.74) is 8.19. The summed E-state index contributed by atoms with van der Waals surface area (Å²) in [6.07, 6.45) is 0. The number of rotatable bonds is 3. The number of esters is 1. The van der Waals surface area contributed by atoms with Gasteiger partial charge in [0.05, 0.1) is 29.7 Å². The monoisotopic (exact) mass is 402 g/mol. The fourth-order valence-electron chi connectivity index (χ4n) is 1.70. The number of carbonyl (C=O) groups is 1. The second-order valence-electron chi connectivity index (χ2n) is 4.01. The van der Waals surface area contributed by atoms with E-state index in [2.05, 4.69) is 27.9 Å². The molecule has 0 aliphatic rings. The molecule has 0 saturated heterocycles. The highest BCUT2D eigenvalue weighted by Gasteiger charge is 2.13. The SMILES string of the molecule is COC(=O)c1cccc(Nc2ccc(Cl)cc2I)c1N. The van der Waals surface area contributed by atoms with Crippen LogP contribution in [0, 0.1) is 3.57 Å². The molecule has 0 saturated carbocycles. The summed E-state index contributed by atoms with van der Waals surface area (Å²) in [6, 6.07) is 10.6. The number of para-hydroxylation sites is 1. The van der Waals surface area contributed by atoms with E-state index in [1.807, 2.05) is 12.1 Å². The lowest BCUT2D eigenvalue weighted by Gasteiger charge is -2.13. The molecule has 2 aromatic rings. The molecule has 2 aromatic carbocycles. The van der Waals surface area contributed by atoms with Gasteiger partial charge in [0, 0.05) is 8.59 Å². The molecular weight excluding hydrogens is 391 g/mol. The molecule has 104 valence electrons. The predicted octanol–water partition coefficient (Wildman–Crippen LogP) is 4.06. The summed E-state index contributed by atoms with van der Waals surface area (Å²) in [7, 11) is 1.32. The molecule has 0 bridgehead atoms. The lowest BCUT2D eigenvalue weighted by atomic mass is 10.1. The fourth-order valence-corrected chi connectivity index (χ4v) is 2.70. The van der Waals surface area contributed by atoms with Gasteiger partial charge in [0.25, 0.3) is 0 Å². The first-order valence-corrected chi connectivity index (χ1v) is 7.17. The Morgan fingerprint density at radius 1 is 1.30 bits per heavy atom. The third-order valence-electron chi connectivity index (χ3n) is 2.71. The van der Waals surface area contributed by atoms with Crippen molar-refractivity contribution in [3.8, 4) is 0 Å². The Morgan fingerprint density at radius 3 is 2.70 bits per heavy atom. The van der Waals surface area contributed by atoms with E-state index < -0.39 is 5.97 Å². The van der Waals surface area contributed by atoms with Gasteiger partial charge < -0.3 is 15.8 Å². The maximum Gasteiger partial charge on any atom is 0.340 e. The topological polar surface area (TPSA) is 64.3 Å². The van der Waals surface area contributed by atoms with Crippen molar-refractivity contribution < 1.29 is 9.53 Å². The minimum atomic E-state index is -0.461. The lowest BCUT2D eigenvalue weighted by Crippen LogP contribution is -2.07. The number of nitrogens with two attached hydrogens (primary N) is 1. The van der Waals surface area contributed by atoms with Crippen molar-refractivity contribution >= 4 is 57.2 Å². The molecule has 0 aromatic heterocycles. The van der Waals surface area contributed by atoms with E-state index in [9.17, 15) is 4.79 Å². The van der Waals surface area contributed by atoms with Crippen molar-refractivity contribution in [3.63, 3.8) is 0 Å². The minimum absolute atomic E-state index is 0.335. The van der Waals surface area contributed by atoms with Crippen molar-refractivity contribution in [2.75, 3.05) is 18.2 Å². The second-order valence-corrected chi connectivity index (χ2v) is 5.61. The number of hydrogen-bond acceptors (Lipinski definition) is 4. The van der Waals surface area contributed by atoms with Gasteiger partial charge in [-0.05, 0) is 52.9 Å². The zero-order valence-corrected chi connectivity index (χ0v) is 13.5. The Hall–Kier alpha value is -1.47. The van der Waals surface area contributed by atoms with Gasteiger partial charge in [-0.3, -0.25) is 0 Å². The number of carbonyl (C=O) groups excluding carboxylic acids is 1. The van der Waals surface area contributed by atoms with Crippen LogP contribution < -0.4 is 11.1 Å². The van der Waals surface area contributed by atoms with Crippen LogP contribution in [-0.2, 0) is 4.74 Å². The van der Waals surface area contributed by atoms with Crippen molar-refractivity contribution in [2.24, 2.45) is 0 Å². The number of methoxy groups -OCH3 is 1. The van der Waals surface area contributed by atoms with Crippen LogP contribution in [0.15, 0.2) is 36.4 Å². The van der Waals surface area contributed by atoms with Crippen LogP contribution in [-0.4, -0.2) is 13.1 Å². The van der Waals surface area contributed by atoms with Gasteiger partial charge in [0.2, 0.25) is 0 Å². The summed E-state index contributed by atoms with van der Waals surface area (Å²) in [5.74, 6) is -0.461. The molecule has 0 fully saturated rings. The Kier molecular flexibility index (Phi) is 4.72. The molecule has 0 amide bonds. The van der Waals surface area contributed by atoms with Crippen LogP contribution in [0.5, 0.6) is 0 Å². The van der Waals surface area contributed by atoms with Gasteiger partial charge in [0.15, 0.2) is 0 Å². The van der Waals surface area contributed by atoms with E-state index in [0.29, 0.717) is 22.0 Å². The number of ether oxygens (including phenoxy) is 1. The van der Waals surface area contributed by atoms with Crippen molar-refractivity contribution in [1.29, 1.82) is 0 Å². The summed E-state index contributed by atoms with van der Waals surface area (Å²) in [4.78, 5) is 11.6. The maximum absolute atomic E-state index is 11.6. The number of nitrogen functional groups attached to an aromatic ring is 1. The lowest BCUT2D eigenvalue weighted by molar-refractivity contribution is 0.0602. The van der Waals surface area contributed by atoms with Gasteiger partial charge in [-0.2, -0.15) is 0 Å². The zero-order valence-electron chi connectivity index (χ0n) is 10.6. The van der Waals surface area contributed by atoms with Gasteiger partial charge in [-0.1, -0.05) is 17.7 Å². The Bertz CT molecular complexity index is 662. The number of hydrogen-bond donors (Lipinski definition) is 2. The van der Waals surface area contributed by atoms with E-state index in [4.69, 9.17) is 22.1 Å². The number of anilines is 3. The first kappa shape index (κ1) is 14.9. The first-order valence-electron chi connectivity index (χ1n) is 5.72. The quantitative estimate of drug-likeness (QED) is 0.462. The molecule has 0 aliphatic carbocycles. The van der Waals surface area contributed by atoms with E-state index in [-0.39, 0.29) is 0 Å². The fraction of sp³-hybridized carbons (Fsp3) is 0.0714. The van der Waals surface area contributed by atoms with Crippen molar-refractivity contribution in [2.45, 2.75) is 0 Å². The summed E-state index contributed by atoms with van der Waals surface area (Å²) < 4.78 is 5.65. The largest absolute Gasteiger partial charge is 0.465 e. The molecule has 20 heavy (non-hydrogen) atoms. The smallest absolute Gasteiger partial charge is 0.340 e. The first-order chi connectivity index (χ1) is 9.52. The Balaban J connectivity index is 2.37. The maximum atomic E-state index is 11.6. The van der Waals surface area contributed by atoms with E-state index in [1.54, 1.807) is 24.3 Å². The molecule has 0 unspecified atom stereocenters. The van der Waals surface area contributed by atoms with E-state index in [1.165, 1.54) is 7.11 Å². The molecular formula is C14H12ClIN2O2.